The Morgan fingerprint density at radius 3 is 1.51 bits per heavy atom. The molecule has 0 unspecified atom stereocenters. The van der Waals surface area contributed by atoms with Gasteiger partial charge in [0, 0.05) is 27.5 Å². The summed E-state index contributed by atoms with van der Waals surface area (Å²) < 4.78 is 6.10. The number of aromatic nitrogens is 3. The lowest BCUT2D eigenvalue weighted by Crippen LogP contribution is -2.00. The van der Waals surface area contributed by atoms with Crippen molar-refractivity contribution in [2.45, 2.75) is 0 Å². The summed E-state index contributed by atoms with van der Waals surface area (Å²) in [5.74, 6) is 1.86. The molecule has 0 aliphatic heterocycles. The van der Waals surface area contributed by atoms with Gasteiger partial charge in [0.1, 0.15) is 11.2 Å². The van der Waals surface area contributed by atoms with Crippen molar-refractivity contribution in [2.24, 2.45) is 0 Å². The van der Waals surface area contributed by atoms with Gasteiger partial charge >= 0.3 is 0 Å². The molecule has 220 valence electrons. The zero-order valence-corrected chi connectivity index (χ0v) is 25.3. The van der Waals surface area contributed by atoms with Gasteiger partial charge in [-0.2, -0.15) is 0 Å². The topological polar surface area (TPSA) is 51.8 Å². The molecule has 0 aliphatic rings. The number of rotatable bonds is 5. The minimum atomic E-state index is 0.614. The second-order valence-corrected chi connectivity index (χ2v) is 11.7. The third-order valence-corrected chi connectivity index (χ3v) is 8.75. The normalized spacial score (nSPS) is 11.4. The smallest absolute Gasteiger partial charge is 0.164 e. The highest BCUT2D eigenvalue weighted by Crippen LogP contribution is 2.33. The lowest BCUT2D eigenvalue weighted by Gasteiger charge is -2.10. The first-order valence-electron chi connectivity index (χ1n) is 15.7. The van der Waals surface area contributed by atoms with Crippen LogP contribution < -0.4 is 0 Å². The molecule has 0 bridgehead atoms. The first-order chi connectivity index (χ1) is 23.2. The molecule has 0 radical (unpaired) electrons. The lowest BCUT2D eigenvalue weighted by molar-refractivity contribution is 0.669. The van der Waals surface area contributed by atoms with Crippen molar-refractivity contribution in [3.8, 4) is 56.4 Å². The zero-order chi connectivity index (χ0) is 31.2. The standard InChI is InChI=1S/C43H27N3O/c1-2-8-28(9-3-1)30-14-19-32(20-15-30)41-44-42(33-21-16-31(17-22-33)35-23-18-29-10-4-5-11-34(29)26-35)46-43(45-41)36-24-25-40-38(27-36)37-12-6-7-13-39(37)47-40/h1-27H. The number of furan rings is 1. The zero-order valence-electron chi connectivity index (χ0n) is 25.3. The van der Waals surface area contributed by atoms with Crippen LogP contribution in [-0.4, -0.2) is 15.0 Å². The van der Waals surface area contributed by atoms with E-state index in [4.69, 9.17) is 19.4 Å². The van der Waals surface area contributed by atoms with Gasteiger partial charge in [0.25, 0.3) is 0 Å². The monoisotopic (exact) mass is 601 g/mol. The van der Waals surface area contributed by atoms with Crippen LogP contribution in [0, 0.1) is 0 Å². The van der Waals surface area contributed by atoms with E-state index in [1.807, 2.05) is 36.4 Å². The summed E-state index contributed by atoms with van der Waals surface area (Å²) >= 11 is 0. The Morgan fingerprint density at radius 2 is 0.787 bits per heavy atom. The van der Waals surface area contributed by atoms with Gasteiger partial charge in [0.2, 0.25) is 0 Å². The molecule has 4 nitrogen and oxygen atoms in total. The minimum Gasteiger partial charge on any atom is -0.456 e. The van der Waals surface area contributed by atoms with Crippen molar-refractivity contribution >= 4 is 32.7 Å². The maximum Gasteiger partial charge on any atom is 0.164 e. The average Bonchev–Trinajstić information content (AvgIpc) is 3.53. The van der Waals surface area contributed by atoms with Crippen LogP contribution in [0.4, 0.5) is 0 Å². The molecule has 4 heteroatoms. The molecule has 0 spiro atoms. The Labute approximate surface area is 271 Å². The Kier molecular flexibility index (Phi) is 6.43. The van der Waals surface area contributed by atoms with E-state index in [9.17, 15) is 0 Å². The summed E-state index contributed by atoms with van der Waals surface area (Å²) in [4.78, 5) is 15.0. The summed E-state index contributed by atoms with van der Waals surface area (Å²) in [7, 11) is 0. The first kappa shape index (κ1) is 27.0. The highest BCUT2D eigenvalue weighted by atomic mass is 16.3. The highest BCUT2D eigenvalue weighted by Gasteiger charge is 2.15. The van der Waals surface area contributed by atoms with Gasteiger partial charge in [-0.3, -0.25) is 0 Å². The molecule has 0 atom stereocenters. The molecule has 2 heterocycles. The number of hydrogen-bond acceptors (Lipinski definition) is 4. The Morgan fingerprint density at radius 1 is 0.298 bits per heavy atom. The molecule has 0 fully saturated rings. The van der Waals surface area contributed by atoms with Crippen molar-refractivity contribution in [1.29, 1.82) is 0 Å². The van der Waals surface area contributed by atoms with Crippen LogP contribution in [0.3, 0.4) is 0 Å². The van der Waals surface area contributed by atoms with E-state index in [0.717, 1.165) is 49.8 Å². The molecule has 0 N–H and O–H groups in total. The third kappa shape index (κ3) is 5.02. The quantitative estimate of drug-likeness (QED) is 0.197. The van der Waals surface area contributed by atoms with E-state index < -0.39 is 0 Å². The van der Waals surface area contributed by atoms with E-state index in [1.54, 1.807) is 0 Å². The van der Waals surface area contributed by atoms with Crippen molar-refractivity contribution in [2.75, 3.05) is 0 Å². The predicted molar refractivity (Wildman–Crippen MR) is 192 cm³/mol. The molecule has 9 rings (SSSR count). The summed E-state index contributed by atoms with van der Waals surface area (Å²) in [6.45, 7) is 0. The molecule has 0 saturated heterocycles. The van der Waals surface area contributed by atoms with E-state index in [2.05, 4.69) is 127 Å². The van der Waals surface area contributed by atoms with Crippen LogP contribution in [0.5, 0.6) is 0 Å². The maximum absolute atomic E-state index is 6.10. The maximum atomic E-state index is 6.10. The molecule has 2 aromatic heterocycles. The number of hydrogen-bond donors (Lipinski definition) is 0. The molecule has 9 aromatic rings. The summed E-state index contributed by atoms with van der Waals surface area (Å²) in [5, 5.41) is 4.56. The number of benzene rings is 7. The van der Waals surface area contributed by atoms with Crippen LogP contribution in [0.25, 0.3) is 89.1 Å². The summed E-state index contributed by atoms with van der Waals surface area (Å²) in [6, 6.07) is 56.5. The fourth-order valence-corrected chi connectivity index (χ4v) is 6.25. The molecular formula is C43H27N3O. The van der Waals surface area contributed by atoms with Crippen molar-refractivity contribution in [3.63, 3.8) is 0 Å². The van der Waals surface area contributed by atoms with Crippen molar-refractivity contribution in [3.05, 3.63) is 164 Å². The van der Waals surface area contributed by atoms with Crippen molar-refractivity contribution in [1.82, 2.24) is 15.0 Å². The second-order valence-electron chi connectivity index (χ2n) is 11.7. The first-order valence-corrected chi connectivity index (χ1v) is 15.7. The number of fused-ring (bicyclic) bond motifs is 4. The Hall–Kier alpha value is -6.39. The molecular weight excluding hydrogens is 574 g/mol. The van der Waals surface area contributed by atoms with Crippen LogP contribution in [0.1, 0.15) is 0 Å². The molecule has 0 saturated carbocycles. The minimum absolute atomic E-state index is 0.614. The summed E-state index contributed by atoms with van der Waals surface area (Å²) in [6.07, 6.45) is 0. The van der Waals surface area contributed by atoms with Gasteiger partial charge in [0.05, 0.1) is 0 Å². The van der Waals surface area contributed by atoms with E-state index in [1.165, 1.54) is 21.9 Å². The second kappa shape index (κ2) is 11.2. The van der Waals surface area contributed by atoms with E-state index in [-0.39, 0.29) is 0 Å². The molecule has 0 amide bonds. The van der Waals surface area contributed by atoms with Crippen LogP contribution >= 0.6 is 0 Å². The summed E-state index contributed by atoms with van der Waals surface area (Å²) in [5.41, 5.74) is 9.09. The average molecular weight is 602 g/mol. The molecule has 47 heavy (non-hydrogen) atoms. The van der Waals surface area contributed by atoms with Crippen LogP contribution in [0.2, 0.25) is 0 Å². The number of nitrogens with zero attached hydrogens (tertiary/aromatic N) is 3. The van der Waals surface area contributed by atoms with Gasteiger partial charge < -0.3 is 4.42 Å². The van der Waals surface area contributed by atoms with Gasteiger partial charge in [-0.05, 0) is 63.4 Å². The van der Waals surface area contributed by atoms with Gasteiger partial charge in [-0.25, -0.2) is 15.0 Å². The van der Waals surface area contributed by atoms with E-state index in [0.29, 0.717) is 17.5 Å². The van der Waals surface area contributed by atoms with Gasteiger partial charge in [0.15, 0.2) is 17.5 Å². The van der Waals surface area contributed by atoms with Crippen LogP contribution in [0.15, 0.2) is 168 Å². The number of para-hydroxylation sites is 1. The Bertz CT molecular complexity index is 2550. The lowest BCUT2D eigenvalue weighted by atomic mass is 10.00. The largest absolute Gasteiger partial charge is 0.456 e. The fraction of sp³-hybridized carbons (Fsp3) is 0. The van der Waals surface area contributed by atoms with Gasteiger partial charge in [-0.15, -0.1) is 0 Å². The SMILES string of the molecule is c1ccc(-c2ccc(-c3nc(-c4ccc(-c5ccc6ccccc6c5)cc4)nc(-c4ccc5oc6ccccc6c5c4)n3)cc2)cc1. The fourth-order valence-electron chi connectivity index (χ4n) is 6.25. The van der Waals surface area contributed by atoms with Crippen molar-refractivity contribution < 1.29 is 4.42 Å². The van der Waals surface area contributed by atoms with E-state index >= 15 is 0 Å². The van der Waals surface area contributed by atoms with Crippen LogP contribution in [-0.2, 0) is 0 Å². The Balaban J connectivity index is 1.15. The third-order valence-electron chi connectivity index (χ3n) is 8.75. The highest BCUT2D eigenvalue weighted by molar-refractivity contribution is 6.06. The molecule has 7 aromatic carbocycles. The predicted octanol–water partition coefficient (Wildman–Crippen LogP) is 11.3. The molecule has 0 aliphatic carbocycles. The van der Waals surface area contributed by atoms with Gasteiger partial charge in [-0.1, -0.05) is 133 Å².